The van der Waals surface area contributed by atoms with Crippen molar-refractivity contribution in [2.75, 3.05) is 27.4 Å². The maximum Gasteiger partial charge on any atom is 0.246 e. The Kier molecular flexibility index (Phi) is 5.15. The summed E-state index contributed by atoms with van der Waals surface area (Å²) in [6.07, 6.45) is 2.32. The first-order valence-corrected chi connectivity index (χ1v) is 7.54. The highest BCUT2D eigenvalue weighted by Crippen LogP contribution is 2.37. The average Bonchev–Trinajstić information content (AvgIpc) is 2.50. The van der Waals surface area contributed by atoms with E-state index in [1.54, 1.807) is 14.2 Å². The lowest BCUT2D eigenvalue weighted by Crippen LogP contribution is -2.44. The Bertz CT molecular complexity index is 623. The van der Waals surface area contributed by atoms with Crippen LogP contribution in [0.1, 0.15) is 25.0 Å². The molecule has 0 fully saturated rings. The molecule has 0 radical (unpaired) electrons. The van der Waals surface area contributed by atoms with Crippen molar-refractivity contribution in [1.82, 2.24) is 10.6 Å². The largest absolute Gasteiger partial charge is 0.493 e. The van der Waals surface area contributed by atoms with E-state index in [9.17, 15) is 4.79 Å². The summed E-state index contributed by atoms with van der Waals surface area (Å²) >= 11 is 0. The molecule has 1 aromatic carbocycles. The topological polar surface area (TPSA) is 79.8 Å². The lowest BCUT2D eigenvalue weighted by molar-refractivity contribution is -0.116. The number of amides is 1. The van der Waals surface area contributed by atoms with Crippen LogP contribution < -0.4 is 20.1 Å². The number of aliphatic hydroxyl groups is 1. The molecule has 0 unspecified atom stereocenters. The third kappa shape index (κ3) is 3.96. The first kappa shape index (κ1) is 17.1. The molecule has 6 heteroatoms. The Labute approximate surface area is 136 Å². The molecule has 1 aliphatic heterocycles. The number of ether oxygens (including phenoxy) is 2. The zero-order valence-corrected chi connectivity index (χ0v) is 14.0. The van der Waals surface area contributed by atoms with Gasteiger partial charge >= 0.3 is 0 Å². The molecule has 0 spiro atoms. The molecular weight excluding hydrogens is 296 g/mol. The first-order valence-electron chi connectivity index (χ1n) is 7.54. The minimum absolute atomic E-state index is 0.0879. The van der Waals surface area contributed by atoms with Crippen molar-refractivity contribution in [3.05, 3.63) is 29.3 Å². The van der Waals surface area contributed by atoms with Crippen LogP contribution in [0.3, 0.4) is 0 Å². The van der Waals surface area contributed by atoms with Gasteiger partial charge in [-0.3, -0.25) is 4.79 Å². The molecule has 126 valence electrons. The summed E-state index contributed by atoms with van der Waals surface area (Å²) in [6.45, 7) is 4.29. The normalized spacial score (nSPS) is 17.2. The maximum atomic E-state index is 12.0. The molecule has 23 heavy (non-hydrogen) atoms. The van der Waals surface area contributed by atoms with Crippen LogP contribution in [0.2, 0.25) is 0 Å². The Morgan fingerprint density at radius 1 is 1.35 bits per heavy atom. The lowest BCUT2D eigenvalue weighted by Gasteiger charge is -2.36. The number of rotatable bonds is 5. The van der Waals surface area contributed by atoms with E-state index in [-0.39, 0.29) is 24.6 Å². The molecular formula is C17H24N2O4. The molecule has 3 N–H and O–H groups in total. The fourth-order valence-electron chi connectivity index (χ4n) is 2.75. The van der Waals surface area contributed by atoms with Crippen LogP contribution >= 0.6 is 0 Å². The summed E-state index contributed by atoms with van der Waals surface area (Å²) in [5.41, 5.74) is 2.55. The highest BCUT2D eigenvalue weighted by Gasteiger charge is 2.29. The van der Waals surface area contributed by atoms with Gasteiger partial charge in [0.2, 0.25) is 5.91 Å². The van der Waals surface area contributed by atoms with Gasteiger partial charge in [-0.25, -0.2) is 0 Å². The summed E-state index contributed by atoms with van der Waals surface area (Å²) in [7, 11) is 3.19. The van der Waals surface area contributed by atoms with Gasteiger partial charge in [-0.15, -0.1) is 0 Å². The zero-order chi connectivity index (χ0) is 17.0. The number of methoxy groups -OCH3 is 2. The monoisotopic (exact) mass is 320 g/mol. The van der Waals surface area contributed by atoms with E-state index in [0.717, 1.165) is 23.2 Å². The van der Waals surface area contributed by atoms with Crippen molar-refractivity contribution >= 4 is 11.6 Å². The molecule has 1 aliphatic rings. The Morgan fingerprint density at radius 2 is 2.00 bits per heavy atom. The van der Waals surface area contributed by atoms with E-state index in [0.29, 0.717) is 11.5 Å². The molecule has 1 amide bonds. The molecule has 0 saturated heterocycles. The van der Waals surface area contributed by atoms with Crippen LogP contribution in [0.4, 0.5) is 0 Å². The predicted molar refractivity (Wildman–Crippen MR) is 88.5 cm³/mol. The second kappa shape index (κ2) is 6.91. The van der Waals surface area contributed by atoms with Gasteiger partial charge in [0.05, 0.1) is 20.8 Å². The van der Waals surface area contributed by atoms with Gasteiger partial charge in [-0.2, -0.15) is 0 Å². The van der Waals surface area contributed by atoms with Crippen molar-refractivity contribution in [1.29, 1.82) is 0 Å². The summed E-state index contributed by atoms with van der Waals surface area (Å²) in [5, 5.41) is 14.8. The number of carbonyl (C=O) groups is 1. The van der Waals surface area contributed by atoms with Crippen LogP contribution in [0.25, 0.3) is 5.70 Å². The van der Waals surface area contributed by atoms with Crippen molar-refractivity contribution < 1.29 is 19.4 Å². The van der Waals surface area contributed by atoms with E-state index in [2.05, 4.69) is 24.5 Å². The summed E-state index contributed by atoms with van der Waals surface area (Å²) in [6, 6.07) is 3.83. The van der Waals surface area contributed by atoms with Crippen LogP contribution in [0.5, 0.6) is 11.5 Å². The molecule has 0 saturated carbocycles. The van der Waals surface area contributed by atoms with Gasteiger partial charge in [-0.05, 0) is 38.0 Å². The van der Waals surface area contributed by atoms with Gasteiger partial charge in [0.25, 0.3) is 0 Å². The number of carbonyl (C=O) groups excluding carboxylic acids is 1. The predicted octanol–water partition coefficient (Wildman–Crippen LogP) is 1.08. The molecule has 6 nitrogen and oxygen atoms in total. The second-order valence-corrected chi connectivity index (χ2v) is 6.12. The standard InChI is InChI=1S/C17H24N2O4/c1-17(2)10-11-7-14(22-3)15(23-4)8-12(11)13(19-17)9-16(21)18-5-6-20/h7-9,19-20H,5-6,10H2,1-4H3,(H,18,21)/b13-9-. The van der Waals surface area contributed by atoms with Crippen LogP contribution in [0.15, 0.2) is 18.2 Å². The lowest BCUT2D eigenvalue weighted by atomic mass is 9.85. The Hall–Kier alpha value is -2.21. The van der Waals surface area contributed by atoms with E-state index in [4.69, 9.17) is 14.6 Å². The molecule has 0 atom stereocenters. The second-order valence-electron chi connectivity index (χ2n) is 6.12. The fourth-order valence-corrected chi connectivity index (χ4v) is 2.75. The van der Waals surface area contributed by atoms with Gasteiger partial charge in [-0.1, -0.05) is 0 Å². The summed E-state index contributed by atoms with van der Waals surface area (Å²) in [4.78, 5) is 12.0. The maximum absolute atomic E-state index is 12.0. The third-order valence-corrected chi connectivity index (χ3v) is 3.69. The number of nitrogens with one attached hydrogen (secondary N) is 2. The fraction of sp³-hybridized carbons (Fsp3) is 0.471. The highest BCUT2D eigenvalue weighted by atomic mass is 16.5. The Balaban J connectivity index is 2.46. The Morgan fingerprint density at radius 3 is 2.61 bits per heavy atom. The molecule has 1 heterocycles. The number of aliphatic hydroxyl groups excluding tert-OH is 1. The van der Waals surface area contributed by atoms with E-state index in [1.807, 2.05) is 12.1 Å². The average molecular weight is 320 g/mol. The minimum atomic E-state index is -0.250. The summed E-state index contributed by atoms with van der Waals surface area (Å²) in [5.74, 6) is 1.04. The molecule has 2 rings (SSSR count). The number of hydrogen-bond donors (Lipinski definition) is 3. The third-order valence-electron chi connectivity index (χ3n) is 3.69. The number of benzene rings is 1. The van der Waals surface area contributed by atoms with Crippen LogP contribution in [-0.4, -0.2) is 43.9 Å². The van der Waals surface area contributed by atoms with Crippen LogP contribution in [-0.2, 0) is 11.2 Å². The van der Waals surface area contributed by atoms with Gasteiger partial charge in [0.15, 0.2) is 11.5 Å². The van der Waals surface area contributed by atoms with E-state index in [1.165, 1.54) is 6.08 Å². The van der Waals surface area contributed by atoms with Gasteiger partial charge in [0.1, 0.15) is 0 Å². The quantitative estimate of drug-likeness (QED) is 0.708. The molecule has 0 bridgehead atoms. The number of fused-ring (bicyclic) bond motifs is 1. The molecule has 0 aliphatic carbocycles. The van der Waals surface area contributed by atoms with Crippen molar-refractivity contribution in [3.63, 3.8) is 0 Å². The van der Waals surface area contributed by atoms with Crippen molar-refractivity contribution in [2.24, 2.45) is 0 Å². The minimum Gasteiger partial charge on any atom is -0.493 e. The van der Waals surface area contributed by atoms with Crippen LogP contribution in [0, 0.1) is 0 Å². The number of hydrogen-bond acceptors (Lipinski definition) is 5. The van der Waals surface area contributed by atoms with Gasteiger partial charge in [0, 0.05) is 29.4 Å². The smallest absolute Gasteiger partial charge is 0.246 e. The highest BCUT2D eigenvalue weighted by molar-refractivity contribution is 5.95. The molecule has 1 aromatic rings. The summed E-state index contributed by atoms with van der Waals surface area (Å²) < 4.78 is 10.7. The first-order chi connectivity index (χ1) is 10.9. The SMILES string of the molecule is COc1cc2c(cc1OC)/C(=C/C(=O)NCCO)NC(C)(C)C2. The zero-order valence-electron chi connectivity index (χ0n) is 14.0. The van der Waals surface area contributed by atoms with Crippen molar-refractivity contribution in [2.45, 2.75) is 25.8 Å². The van der Waals surface area contributed by atoms with E-state index < -0.39 is 0 Å². The van der Waals surface area contributed by atoms with Crippen molar-refractivity contribution in [3.8, 4) is 11.5 Å². The van der Waals surface area contributed by atoms with E-state index >= 15 is 0 Å². The van der Waals surface area contributed by atoms with Gasteiger partial charge < -0.3 is 25.2 Å². The molecule has 0 aromatic heterocycles.